The fourth-order valence-corrected chi connectivity index (χ4v) is 4.05. The molecule has 0 bridgehead atoms. The Morgan fingerprint density at radius 1 is 0.913 bits per heavy atom. The normalized spacial score (nSPS) is 23.9. The summed E-state index contributed by atoms with van der Waals surface area (Å²) in [5.74, 6) is 0.594. The van der Waals surface area contributed by atoms with Crippen molar-refractivity contribution in [1.29, 1.82) is 0 Å². The maximum absolute atomic E-state index is 13.1. The van der Waals surface area contributed by atoms with E-state index in [9.17, 15) is 4.79 Å². The van der Waals surface area contributed by atoms with Crippen molar-refractivity contribution in [2.45, 2.75) is 31.8 Å². The molecular formula is C20H22N2O. The molecule has 2 aromatic rings. The lowest BCUT2D eigenvalue weighted by molar-refractivity contribution is 0.165. The van der Waals surface area contributed by atoms with Crippen molar-refractivity contribution in [1.82, 2.24) is 4.90 Å². The first-order valence-electron chi connectivity index (χ1n) is 8.50. The van der Waals surface area contributed by atoms with Crippen LogP contribution in [0.4, 0.5) is 10.5 Å². The van der Waals surface area contributed by atoms with Crippen molar-refractivity contribution in [2.24, 2.45) is 5.92 Å². The van der Waals surface area contributed by atoms with Crippen molar-refractivity contribution in [2.75, 3.05) is 11.4 Å². The molecule has 1 heterocycles. The molecule has 1 aliphatic carbocycles. The molecule has 3 heteroatoms. The number of para-hydroxylation sites is 1. The maximum atomic E-state index is 13.1. The number of rotatable bonds is 3. The number of fused-ring (bicyclic) bond motifs is 1. The summed E-state index contributed by atoms with van der Waals surface area (Å²) in [5, 5.41) is 0. The number of carbonyl (C=O) groups excluding carboxylic acids is 1. The minimum absolute atomic E-state index is 0.156. The largest absolute Gasteiger partial charge is 0.325 e. The Bertz CT molecular complexity index is 671. The first-order valence-corrected chi connectivity index (χ1v) is 8.50. The molecule has 1 saturated heterocycles. The molecule has 23 heavy (non-hydrogen) atoms. The van der Waals surface area contributed by atoms with E-state index >= 15 is 0 Å². The van der Waals surface area contributed by atoms with E-state index in [2.05, 4.69) is 24.3 Å². The van der Waals surface area contributed by atoms with Gasteiger partial charge in [-0.05, 0) is 36.5 Å². The van der Waals surface area contributed by atoms with Gasteiger partial charge in [-0.15, -0.1) is 0 Å². The lowest BCUT2D eigenvalue weighted by atomic mass is 9.97. The van der Waals surface area contributed by atoms with Crippen molar-refractivity contribution in [3.05, 3.63) is 66.2 Å². The van der Waals surface area contributed by atoms with Crippen LogP contribution in [0.25, 0.3) is 0 Å². The summed E-state index contributed by atoms with van der Waals surface area (Å²) >= 11 is 0. The maximum Gasteiger partial charge on any atom is 0.325 e. The van der Waals surface area contributed by atoms with E-state index in [1.807, 2.05) is 46.2 Å². The van der Waals surface area contributed by atoms with Crippen LogP contribution in [0.3, 0.4) is 0 Å². The van der Waals surface area contributed by atoms with Crippen molar-refractivity contribution < 1.29 is 4.79 Å². The molecule has 1 saturated carbocycles. The summed E-state index contributed by atoms with van der Waals surface area (Å²) in [6, 6.07) is 21.0. The molecule has 0 aromatic heterocycles. The number of anilines is 1. The number of hydrogen-bond donors (Lipinski definition) is 0. The number of benzene rings is 2. The van der Waals surface area contributed by atoms with Gasteiger partial charge in [-0.1, -0.05) is 55.0 Å². The minimum atomic E-state index is 0.156. The van der Waals surface area contributed by atoms with Crippen LogP contribution in [-0.4, -0.2) is 23.5 Å². The molecule has 2 atom stereocenters. The zero-order valence-corrected chi connectivity index (χ0v) is 13.3. The van der Waals surface area contributed by atoms with Crippen LogP contribution in [0.5, 0.6) is 0 Å². The second kappa shape index (κ2) is 6.07. The van der Waals surface area contributed by atoms with Crippen molar-refractivity contribution in [3.63, 3.8) is 0 Å². The summed E-state index contributed by atoms with van der Waals surface area (Å²) < 4.78 is 0. The summed E-state index contributed by atoms with van der Waals surface area (Å²) in [4.78, 5) is 17.2. The second-order valence-corrected chi connectivity index (χ2v) is 6.61. The zero-order valence-electron chi connectivity index (χ0n) is 13.3. The summed E-state index contributed by atoms with van der Waals surface area (Å²) in [6.45, 7) is 1.59. The van der Waals surface area contributed by atoms with Crippen molar-refractivity contribution in [3.8, 4) is 0 Å². The van der Waals surface area contributed by atoms with E-state index in [0.29, 0.717) is 18.5 Å². The Hall–Kier alpha value is -2.29. The van der Waals surface area contributed by atoms with Crippen LogP contribution in [0.2, 0.25) is 0 Å². The molecule has 0 radical (unpaired) electrons. The van der Waals surface area contributed by atoms with E-state index in [0.717, 1.165) is 18.7 Å². The zero-order chi connectivity index (χ0) is 15.6. The molecule has 2 aromatic carbocycles. The highest BCUT2D eigenvalue weighted by molar-refractivity contribution is 5.93. The van der Waals surface area contributed by atoms with E-state index < -0.39 is 0 Å². The molecule has 0 spiro atoms. The van der Waals surface area contributed by atoms with Crippen LogP contribution >= 0.6 is 0 Å². The molecule has 0 unspecified atom stereocenters. The van der Waals surface area contributed by atoms with E-state index in [-0.39, 0.29) is 6.03 Å². The smallest absolute Gasteiger partial charge is 0.320 e. The summed E-state index contributed by atoms with van der Waals surface area (Å²) in [7, 11) is 0. The van der Waals surface area contributed by atoms with Gasteiger partial charge in [-0.3, -0.25) is 4.90 Å². The minimum Gasteiger partial charge on any atom is -0.320 e. The van der Waals surface area contributed by atoms with Gasteiger partial charge in [0.25, 0.3) is 0 Å². The third-order valence-corrected chi connectivity index (χ3v) is 5.13. The van der Waals surface area contributed by atoms with E-state index in [1.54, 1.807) is 0 Å². The lowest BCUT2D eigenvalue weighted by Crippen LogP contribution is -2.57. The Morgan fingerprint density at radius 3 is 2.35 bits per heavy atom. The monoisotopic (exact) mass is 306 g/mol. The number of hydrogen-bond acceptors (Lipinski definition) is 1. The van der Waals surface area contributed by atoms with Gasteiger partial charge in [0.2, 0.25) is 0 Å². The highest BCUT2D eigenvalue weighted by Crippen LogP contribution is 2.38. The molecule has 2 amide bonds. The molecular weight excluding hydrogens is 284 g/mol. The number of amides is 2. The Labute approximate surface area is 137 Å². The van der Waals surface area contributed by atoms with E-state index in [1.165, 1.54) is 18.4 Å². The summed E-state index contributed by atoms with van der Waals surface area (Å²) in [5.41, 5.74) is 2.23. The first-order chi connectivity index (χ1) is 11.3. The van der Waals surface area contributed by atoms with Crippen LogP contribution < -0.4 is 4.90 Å². The predicted molar refractivity (Wildman–Crippen MR) is 92.3 cm³/mol. The molecule has 118 valence electrons. The fraction of sp³-hybridized carbons (Fsp3) is 0.350. The van der Waals surface area contributed by atoms with Crippen LogP contribution in [-0.2, 0) is 6.54 Å². The molecule has 4 rings (SSSR count). The average Bonchev–Trinajstić information content (AvgIpc) is 3.05. The molecule has 0 N–H and O–H groups in total. The van der Waals surface area contributed by atoms with Gasteiger partial charge >= 0.3 is 6.03 Å². The average molecular weight is 306 g/mol. The van der Waals surface area contributed by atoms with Gasteiger partial charge in [-0.25, -0.2) is 4.79 Å². The van der Waals surface area contributed by atoms with Crippen LogP contribution in [0.1, 0.15) is 24.8 Å². The molecule has 2 aliphatic rings. The fourth-order valence-electron chi connectivity index (χ4n) is 4.05. The lowest BCUT2D eigenvalue weighted by Gasteiger charge is -2.43. The second-order valence-electron chi connectivity index (χ2n) is 6.61. The first kappa shape index (κ1) is 14.3. The van der Waals surface area contributed by atoms with Gasteiger partial charge in [0.15, 0.2) is 0 Å². The molecule has 3 nitrogen and oxygen atoms in total. The highest BCUT2D eigenvalue weighted by atomic mass is 16.2. The number of nitrogens with zero attached hydrogens (tertiary/aromatic N) is 2. The van der Waals surface area contributed by atoms with Gasteiger partial charge in [0.05, 0.1) is 0 Å². The molecule has 1 aliphatic heterocycles. The highest BCUT2D eigenvalue weighted by Gasteiger charge is 2.42. The third-order valence-electron chi connectivity index (χ3n) is 5.13. The van der Waals surface area contributed by atoms with Crippen LogP contribution in [0, 0.1) is 5.92 Å². The molecule has 2 fully saturated rings. The number of carbonyl (C=O) groups is 1. The predicted octanol–water partition coefficient (Wildman–Crippen LogP) is 4.30. The SMILES string of the molecule is O=C1N(Cc2ccccc2)C[C@@H]2CCC[C@@H]2N1c1ccccc1. The van der Waals surface area contributed by atoms with Gasteiger partial charge in [0, 0.05) is 24.8 Å². The Balaban J connectivity index is 1.63. The Kier molecular flexibility index (Phi) is 3.78. The van der Waals surface area contributed by atoms with Gasteiger partial charge in [-0.2, -0.15) is 0 Å². The number of urea groups is 1. The third kappa shape index (κ3) is 2.72. The quantitative estimate of drug-likeness (QED) is 0.829. The standard InChI is InChI=1S/C20H22N2O/c23-20-21(14-16-8-3-1-4-9-16)15-17-10-7-13-19(17)22(20)18-11-5-2-6-12-18/h1-6,8-9,11-12,17,19H,7,10,13-15H2/t17-,19-/m0/s1. The van der Waals surface area contributed by atoms with E-state index in [4.69, 9.17) is 0 Å². The topological polar surface area (TPSA) is 23.6 Å². The van der Waals surface area contributed by atoms with Crippen molar-refractivity contribution >= 4 is 11.7 Å². The van der Waals surface area contributed by atoms with Gasteiger partial charge < -0.3 is 4.90 Å². The van der Waals surface area contributed by atoms with Gasteiger partial charge in [0.1, 0.15) is 0 Å². The Morgan fingerprint density at radius 2 is 1.61 bits per heavy atom. The van der Waals surface area contributed by atoms with Crippen LogP contribution in [0.15, 0.2) is 60.7 Å². The summed E-state index contributed by atoms with van der Waals surface area (Å²) in [6.07, 6.45) is 3.59.